The molecule has 2 aromatic carbocycles. The summed E-state index contributed by atoms with van der Waals surface area (Å²) in [7, 11) is 0. The molecule has 2 heteroatoms. The van der Waals surface area contributed by atoms with Gasteiger partial charge in [0.05, 0.1) is 11.2 Å². The molecule has 16 heavy (non-hydrogen) atoms. The van der Waals surface area contributed by atoms with Crippen molar-refractivity contribution in [1.82, 2.24) is 4.98 Å². The van der Waals surface area contributed by atoms with E-state index in [1.54, 1.807) is 0 Å². The molecule has 0 amide bonds. The van der Waals surface area contributed by atoms with Crippen LogP contribution in [0.4, 0.5) is 5.69 Å². The second kappa shape index (κ2) is 3.56. The van der Waals surface area contributed by atoms with Crippen LogP contribution in [0.2, 0.25) is 0 Å². The van der Waals surface area contributed by atoms with Crippen LogP contribution in [-0.2, 0) is 0 Å². The van der Waals surface area contributed by atoms with Gasteiger partial charge in [0.25, 0.3) is 0 Å². The molecule has 0 saturated heterocycles. The molecule has 0 radical (unpaired) electrons. The second-order valence-electron chi connectivity index (χ2n) is 3.93. The van der Waals surface area contributed by atoms with Crippen molar-refractivity contribution in [2.45, 2.75) is 6.92 Å². The van der Waals surface area contributed by atoms with E-state index in [1.165, 1.54) is 27.5 Å². The summed E-state index contributed by atoms with van der Waals surface area (Å²) in [6.45, 7) is 3.05. The van der Waals surface area contributed by atoms with Crippen molar-refractivity contribution in [1.29, 1.82) is 0 Å². The molecule has 2 nitrogen and oxygen atoms in total. The Balaban J connectivity index is 2.39. The lowest BCUT2D eigenvalue weighted by molar-refractivity contribution is 1.22. The number of hydrogen-bond acceptors (Lipinski definition) is 1. The Kier molecular flexibility index (Phi) is 2.07. The zero-order valence-corrected chi connectivity index (χ0v) is 9.25. The Morgan fingerprint density at radius 3 is 2.69 bits per heavy atom. The highest BCUT2D eigenvalue weighted by Crippen LogP contribution is 2.29. The predicted molar refractivity (Wildman–Crippen MR) is 70.0 cm³/mol. The maximum atomic E-state index is 3.47. The molecule has 80 valence electrons. The molecule has 3 aromatic rings. The first-order chi connectivity index (χ1) is 7.90. The summed E-state index contributed by atoms with van der Waals surface area (Å²) in [5, 5.41) is 5.96. The average Bonchev–Trinajstić information content (AvgIpc) is 2.69. The van der Waals surface area contributed by atoms with E-state index < -0.39 is 0 Å². The second-order valence-corrected chi connectivity index (χ2v) is 3.93. The van der Waals surface area contributed by atoms with E-state index in [0.717, 1.165) is 6.54 Å². The van der Waals surface area contributed by atoms with Crippen LogP contribution in [0.25, 0.3) is 21.8 Å². The van der Waals surface area contributed by atoms with E-state index in [2.05, 4.69) is 59.7 Å². The molecule has 0 saturated carbocycles. The molecular formula is C14H14N2. The normalized spacial score (nSPS) is 11.1. The number of aromatic nitrogens is 1. The molecule has 0 fully saturated rings. The summed E-state index contributed by atoms with van der Waals surface area (Å²) in [6.07, 6.45) is 0. The van der Waals surface area contributed by atoms with E-state index in [4.69, 9.17) is 0 Å². The van der Waals surface area contributed by atoms with Gasteiger partial charge in [0.1, 0.15) is 0 Å². The standard InChI is InChI=1S/C14H14N2/c1-2-15-13-9-5-7-11-10-6-3-4-8-12(10)16-14(11)13/h3-9,15-16H,2H2,1H3. The molecule has 0 spiro atoms. The van der Waals surface area contributed by atoms with Gasteiger partial charge in [-0.3, -0.25) is 0 Å². The lowest BCUT2D eigenvalue weighted by Gasteiger charge is -2.03. The molecule has 2 N–H and O–H groups in total. The summed E-state index contributed by atoms with van der Waals surface area (Å²) in [4.78, 5) is 3.47. The SMILES string of the molecule is CCNc1cccc2c1[nH]c1ccccc12. The highest BCUT2D eigenvalue weighted by atomic mass is 14.9. The number of fused-ring (bicyclic) bond motifs is 3. The summed E-state index contributed by atoms with van der Waals surface area (Å²) in [5.41, 5.74) is 3.57. The molecule has 0 atom stereocenters. The number of H-pyrrole nitrogens is 1. The van der Waals surface area contributed by atoms with Crippen LogP contribution in [0.15, 0.2) is 42.5 Å². The third-order valence-corrected chi connectivity index (χ3v) is 2.91. The van der Waals surface area contributed by atoms with Gasteiger partial charge < -0.3 is 10.3 Å². The van der Waals surface area contributed by atoms with Crippen molar-refractivity contribution in [3.05, 3.63) is 42.5 Å². The summed E-state index contributed by atoms with van der Waals surface area (Å²) >= 11 is 0. The minimum absolute atomic E-state index is 0.939. The van der Waals surface area contributed by atoms with Gasteiger partial charge in [0.2, 0.25) is 0 Å². The Bertz CT molecular complexity index is 637. The minimum atomic E-state index is 0.939. The fourth-order valence-corrected chi connectivity index (χ4v) is 2.21. The number of aromatic amines is 1. The first kappa shape index (κ1) is 9.28. The number of benzene rings is 2. The fraction of sp³-hybridized carbons (Fsp3) is 0.143. The number of nitrogens with one attached hydrogen (secondary N) is 2. The quantitative estimate of drug-likeness (QED) is 0.662. The summed E-state index contributed by atoms with van der Waals surface area (Å²) in [5.74, 6) is 0. The number of para-hydroxylation sites is 2. The number of rotatable bonds is 2. The van der Waals surface area contributed by atoms with Gasteiger partial charge in [-0.2, -0.15) is 0 Å². The van der Waals surface area contributed by atoms with Crippen molar-refractivity contribution in [2.24, 2.45) is 0 Å². The van der Waals surface area contributed by atoms with Crippen molar-refractivity contribution in [2.75, 3.05) is 11.9 Å². The average molecular weight is 210 g/mol. The molecule has 1 heterocycles. The van der Waals surface area contributed by atoms with Crippen molar-refractivity contribution < 1.29 is 0 Å². The molecule has 0 bridgehead atoms. The Hall–Kier alpha value is -1.96. The maximum absolute atomic E-state index is 3.47. The number of anilines is 1. The van der Waals surface area contributed by atoms with E-state index >= 15 is 0 Å². The highest BCUT2D eigenvalue weighted by molar-refractivity contribution is 6.11. The van der Waals surface area contributed by atoms with Crippen LogP contribution in [0.5, 0.6) is 0 Å². The topological polar surface area (TPSA) is 27.8 Å². The zero-order valence-electron chi connectivity index (χ0n) is 9.25. The van der Waals surface area contributed by atoms with Crippen molar-refractivity contribution in [3.63, 3.8) is 0 Å². The third-order valence-electron chi connectivity index (χ3n) is 2.91. The van der Waals surface area contributed by atoms with Gasteiger partial charge in [-0.05, 0) is 19.1 Å². The third kappa shape index (κ3) is 1.27. The molecular weight excluding hydrogens is 196 g/mol. The van der Waals surface area contributed by atoms with Crippen LogP contribution < -0.4 is 5.32 Å². The van der Waals surface area contributed by atoms with E-state index in [1.807, 2.05) is 0 Å². The Morgan fingerprint density at radius 2 is 1.81 bits per heavy atom. The smallest absolute Gasteiger partial charge is 0.0700 e. The first-order valence-corrected chi connectivity index (χ1v) is 5.63. The molecule has 3 rings (SSSR count). The van der Waals surface area contributed by atoms with Gasteiger partial charge in [0, 0.05) is 22.8 Å². The van der Waals surface area contributed by atoms with Crippen LogP contribution in [0.3, 0.4) is 0 Å². The van der Waals surface area contributed by atoms with Crippen LogP contribution in [0.1, 0.15) is 6.92 Å². The van der Waals surface area contributed by atoms with Gasteiger partial charge in [0.15, 0.2) is 0 Å². The van der Waals surface area contributed by atoms with Crippen LogP contribution >= 0.6 is 0 Å². The van der Waals surface area contributed by atoms with E-state index in [9.17, 15) is 0 Å². The predicted octanol–water partition coefficient (Wildman–Crippen LogP) is 3.75. The van der Waals surface area contributed by atoms with E-state index in [0.29, 0.717) is 0 Å². The molecule has 0 unspecified atom stereocenters. The Morgan fingerprint density at radius 1 is 1.00 bits per heavy atom. The van der Waals surface area contributed by atoms with Crippen LogP contribution in [-0.4, -0.2) is 11.5 Å². The zero-order chi connectivity index (χ0) is 11.0. The highest BCUT2D eigenvalue weighted by Gasteiger charge is 2.05. The van der Waals surface area contributed by atoms with Crippen LogP contribution in [0, 0.1) is 0 Å². The minimum Gasteiger partial charge on any atom is -0.384 e. The molecule has 0 aliphatic rings. The molecule has 0 aliphatic heterocycles. The molecule has 0 aliphatic carbocycles. The maximum Gasteiger partial charge on any atom is 0.0700 e. The summed E-state index contributed by atoms with van der Waals surface area (Å²) in [6, 6.07) is 14.8. The van der Waals surface area contributed by atoms with Gasteiger partial charge in [-0.25, -0.2) is 0 Å². The monoisotopic (exact) mass is 210 g/mol. The number of hydrogen-bond donors (Lipinski definition) is 2. The van der Waals surface area contributed by atoms with Crippen molar-refractivity contribution in [3.8, 4) is 0 Å². The molecule has 1 aromatic heterocycles. The lowest BCUT2D eigenvalue weighted by atomic mass is 10.1. The van der Waals surface area contributed by atoms with Gasteiger partial charge in [-0.15, -0.1) is 0 Å². The Labute approximate surface area is 94.3 Å². The van der Waals surface area contributed by atoms with E-state index in [-0.39, 0.29) is 0 Å². The van der Waals surface area contributed by atoms with Crippen molar-refractivity contribution >= 4 is 27.5 Å². The fourth-order valence-electron chi connectivity index (χ4n) is 2.21. The van der Waals surface area contributed by atoms with Gasteiger partial charge in [-0.1, -0.05) is 30.3 Å². The first-order valence-electron chi connectivity index (χ1n) is 5.63. The summed E-state index contributed by atoms with van der Waals surface area (Å²) < 4.78 is 0. The largest absolute Gasteiger partial charge is 0.384 e. The lowest BCUT2D eigenvalue weighted by Crippen LogP contribution is -1.96. The van der Waals surface area contributed by atoms with Gasteiger partial charge >= 0.3 is 0 Å².